The molecule has 1 aromatic carbocycles. The highest BCUT2D eigenvalue weighted by atomic mass is 16.1. The number of nitrogens with zero attached hydrogens (tertiary/aromatic N) is 7. The Bertz CT molecular complexity index is 1610. The van der Waals surface area contributed by atoms with Crippen molar-refractivity contribution in [3.63, 3.8) is 0 Å². The molecule has 0 bridgehead atoms. The molecule has 5 heterocycles. The Kier molecular flexibility index (Phi) is 5.14. The fourth-order valence-electron chi connectivity index (χ4n) is 4.47. The third-order valence-corrected chi connectivity index (χ3v) is 6.35. The molecule has 0 radical (unpaired) electrons. The van der Waals surface area contributed by atoms with Gasteiger partial charge in [-0.2, -0.15) is 5.10 Å². The van der Waals surface area contributed by atoms with E-state index in [0.29, 0.717) is 33.8 Å². The van der Waals surface area contributed by atoms with Gasteiger partial charge in [0.2, 0.25) is 0 Å². The molecular formula is C25H25N9O. The van der Waals surface area contributed by atoms with Gasteiger partial charge in [-0.25, -0.2) is 4.98 Å². The van der Waals surface area contributed by atoms with Crippen LogP contribution in [0.5, 0.6) is 0 Å². The highest BCUT2D eigenvalue weighted by Gasteiger charge is 2.20. The van der Waals surface area contributed by atoms with Crippen molar-refractivity contribution >= 4 is 39.7 Å². The second-order valence-electron chi connectivity index (χ2n) is 8.83. The standard InChI is InChI=1S/C25H25N9O/c1-32-9-11-34(12-10-32)17-6-7-18-19(13-17)29-24(28-18)21-23(27-14-16-5-3-4-8-26-16)22-20(30-25(21)35)15-33(2)31-22/h3-8,13-15H,9-12H2,1-2H3,(H,28,29)(H,30,35)/b27-14-. The zero-order valence-electron chi connectivity index (χ0n) is 19.6. The Labute approximate surface area is 201 Å². The lowest BCUT2D eigenvalue weighted by Gasteiger charge is -2.34. The van der Waals surface area contributed by atoms with Crippen molar-refractivity contribution in [2.45, 2.75) is 0 Å². The molecule has 0 unspecified atom stereocenters. The Morgan fingerprint density at radius 2 is 1.89 bits per heavy atom. The van der Waals surface area contributed by atoms with E-state index in [4.69, 9.17) is 4.98 Å². The van der Waals surface area contributed by atoms with Crippen LogP contribution in [0.15, 0.2) is 58.6 Å². The van der Waals surface area contributed by atoms with Gasteiger partial charge in [0.25, 0.3) is 5.56 Å². The van der Waals surface area contributed by atoms with Crippen LogP contribution in [0.4, 0.5) is 11.4 Å². The van der Waals surface area contributed by atoms with Crippen molar-refractivity contribution in [3.05, 3.63) is 64.8 Å². The summed E-state index contributed by atoms with van der Waals surface area (Å²) >= 11 is 0. The number of nitrogens with one attached hydrogen (secondary N) is 2. The normalized spacial score (nSPS) is 15.1. The summed E-state index contributed by atoms with van der Waals surface area (Å²) in [5.41, 5.74) is 5.21. The molecule has 1 saturated heterocycles. The van der Waals surface area contributed by atoms with E-state index >= 15 is 0 Å². The van der Waals surface area contributed by atoms with Crippen molar-refractivity contribution in [2.24, 2.45) is 12.0 Å². The Morgan fingerprint density at radius 3 is 2.69 bits per heavy atom. The molecule has 4 aromatic heterocycles. The fraction of sp³-hybridized carbons (Fsp3) is 0.240. The van der Waals surface area contributed by atoms with Crippen LogP contribution in [0.3, 0.4) is 0 Å². The van der Waals surface area contributed by atoms with Crippen molar-refractivity contribution in [1.82, 2.24) is 34.6 Å². The molecule has 0 amide bonds. The van der Waals surface area contributed by atoms with Crippen molar-refractivity contribution in [3.8, 4) is 11.4 Å². The van der Waals surface area contributed by atoms with Gasteiger partial charge in [0, 0.05) is 51.3 Å². The molecular weight excluding hydrogens is 442 g/mol. The molecule has 1 aliphatic rings. The number of hydrogen-bond donors (Lipinski definition) is 2. The van der Waals surface area contributed by atoms with Gasteiger partial charge in [-0.3, -0.25) is 19.5 Å². The van der Waals surface area contributed by atoms with E-state index in [0.717, 1.165) is 42.9 Å². The quantitative estimate of drug-likeness (QED) is 0.393. The van der Waals surface area contributed by atoms with E-state index in [1.165, 1.54) is 0 Å². The van der Waals surface area contributed by atoms with E-state index in [1.54, 1.807) is 23.3 Å². The van der Waals surface area contributed by atoms with Gasteiger partial charge in [0.1, 0.15) is 22.6 Å². The van der Waals surface area contributed by atoms with E-state index in [2.05, 4.69) is 54.0 Å². The molecule has 10 nitrogen and oxygen atoms in total. The number of anilines is 1. The maximum Gasteiger partial charge on any atom is 0.261 e. The molecule has 0 saturated carbocycles. The van der Waals surface area contributed by atoms with Crippen LogP contribution < -0.4 is 10.5 Å². The van der Waals surface area contributed by atoms with Crippen molar-refractivity contribution in [1.29, 1.82) is 0 Å². The summed E-state index contributed by atoms with van der Waals surface area (Å²) in [5, 5.41) is 4.55. The summed E-state index contributed by atoms with van der Waals surface area (Å²) in [6, 6.07) is 11.8. The molecule has 1 fully saturated rings. The first-order valence-corrected chi connectivity index (χ1v) is 11.5. The van der Waals surface area contributed by atoms with Crippen LogP contribution >= 0.6 is 0 Å². The average molecular weight is 468 g/mol. The number of rotatable bonds is 4. The number of fused-ring (bicyclic) bond motifs is 2. The average Bonchev–Trinajstić information content (AvgIpc) is 3.45. The lowest BCUT2D eigenvalue weighted by atomic mass is 10.2. The highest BCUT2D eigenvalue weighted by molar-refractivity contribution is 5.97. The predicted octanol–water partition coefficient (Wildman–Crippen LogP) is 2.70. The second-order valence-corrected chi connectivity index (χ2v) is 8.83. The van der Waals surface area contributed by atoms with E-state index in [1.807, 2.05) is 31.3 Å². The number of likely N-dealkylation sites (N-methyl/N-ethyl adjacent to an activating group) is 1. The van der Waals surface area contributed by atoms with E-state index < -0.39 is 0 Å². The molecule has 0 aliphatic carbocycles. The Balaban J connectivity index is 1.47. The number of aromatic amines is 2. The zero-order chi connectivity index (χ0) is 23.9. The zero-order valence-corrected chi connectivity index (χ0v) is 19.6. The van der Waals surface area contributed by atoms with E-state index in [-0.39, 0.29) is 5.56 Å². The Morgan fingerprint density at radius 1 is 1.03 bits per heavy atom. The lowest BCUT2D eigenvalue weighted by Crippen LogP contribution is -2.44. The number of aliphatic imine (C=N–C) groups is 1. The van der Waals surface area contributed by atoms with Crippen LogP contribution in [0.1, 0.15) is 5.69 Å². The molecule has 10 heteroatoms. The molecule has 5 aromatic rings. The number of pyridine rings is 2. The summed E-state index contributed by atoms with van der Waals surface area (Å²) < 4.78 is 1.66. The third kappa shape index (κ3) is 3.97. The smallest absolute Gasteiger partial charge is 0.261 e. The van der Waals surface area contributed by atoms with Crippen molar-refractivity contribution in [2.75, 3.05) is 38.1 Å². The summed E-state index contributed by atoms with van der Waals surface area (Å²) in [6.07, 6.45) is 5.11. The number of H-pyrrole nitrogens is 2. The largest absolute Gasteiger partial charge is 0.369 e. The molecule has 35 heavy (non-hydrogen) atoms. The molecule has 1 aliphatic heterocycles. The maximum absolute atomic E-state index is 13.2. The molecule has 6 rings (SSSR count). The van der Waals surface area contributed by atoms with Gasteiger partial charge in [-0.05, 0) is 37.4 Å². The van der Waals surface area contributed by atoms with Crippen LogP contribution in [-0.4, -0.2) is 74.1 Å². The topological polar surface area (TPSA) is 111 Å². The van der Waals surface area contributed by atoms with Gasteiger partial charge in [0.15, 0.2) is 0 Å². The predicted molar refractivity (Wildman–Crippen MR) is 138 cm³/mol. The number of benzene rings is 1. The summed E-state index contributed by atoms with van der Waals surface area (Å²) in [6.45, 7) is 4.02. The van der Waals surface area contributed by atoms with Gasteiger partial charge in [-0.15, -0.1) is 0 Å². The first-order valence-electron chi connectivity index (χ1n) is 11.5. The maximum atomic E-state index is 13.2. The van der Waals surface area contributed by atoms with Gasteiger partial charge < -0.3 is 19.8 Å². The molecule has 176 valence electrons. The SMILES string of the molecule is CN1CCN(c2ccc3nc(-c4c(/N=C\c5ccccn5)c5nn(C)cc5[nH]c4=O)[nH]c3c2)CC1. The summed E-state index contributed by atoms with van der Waals surface area (Å²) in [7, 11) is 3.96. The van der Waals surface area contributed by atoms with Crippen LogP contribution in [0, 0.1) is 0 Å². The number of aromatic nitrogens is 6. The van der Waals surface area contributed by atoms with Crippen LogP contribution in [-0.2, 0) is 7.05 Å². The monoisotopic (exact) mass is 467 g/mol. The summed E-state index contributed by atoms with van der Waals surface area (Å²) in [5.74, 6) is 0.456. The molecule has 0 spiro atoms. The van der Waals surface area contributed by atoms with Crippen LogP contribution in [0.25, 0.3) is 33.5 Å². The highest BCUT2D eigenvalue weighted by Crippen LogP contribution is 2.33. The first kappa shape index (κ1) is 21.2. The Hall–Kier alpha value is -4.31. The van der Waals surface area contributed by atoms with Crippen LogP contribution in [0.2, 0.25) is 0 Å². The fourth-order valence-corrected chi connectivity index (χ4v) is 4.47. The minimum Gasteiger partial charge on any atom is -0.369 e. The van der Waals surface area contributed by atoms with Gasteiger partial charge in [-0.1, -0.05) is 6.07 Å². The lowest BCUT2D eigenvalue weighted by molar-refractivity contribution is 0.313. The minimum atomic E-state index is -0.281. The van der Waals surface area contributed by atoms with E-state index in [9.17, 15) is 4.79 Å². The number of piperazine rings is 1. The first-order chi connectivity index (χ1) is 17.0. The van der Waals surface area contributed by atoms with Crippen molar-refractivity contribution < 1.29 is 0 Å². The molecule has 2 N–H and O–H groups in total. The number of imidazole rings is 1. The van der Waals surface area contributed by atoms with Gasteiger partial charge >= 0.3 is 0 Å². The third-order valence-electron chi connectivity index (χ3n) is 6.35. The second kappa shape index (κ2) is 8.48. The number of hydrogen-bond acceptors (Lipinski definition) is 7. The number of aryl methyl sites for hydroxylation is 1. The summed E-state index contributed by atoms with van der Waals surface area (Å²) in [4.78, 5) is 37.9. The van der Waals surface area contributed by atoms with Gasteiger partial charge in [0.05, 0.1) is 28.5 Å². The minimum absolute atomic E-state index is 0.281. The molecule has 0 atom stereocenters.